The number of halogens is 2. The molecule has 0 aliphatic rings. The van der Waals surface area contributed by atoms with Gasteiger partial charge in [0.1, 0.15) is 11.6 Å². The quantitative estimate of drug-likeness (QED) is 0.653. The number of rotatable bonds is 4. The number of nitro benzene ring substituents is 1. The summed E-state index contributed by atoms with van der Waals surface area (Å²) in [7, 11) is 0. The first kappa shape index (κ1) is 15.1. The third-order valence-corrected chi connectivity index (χ3v) is 3.30. The van der Waals surface area contributed by atoms with Crippen molar-refractivity contribution < 1.29 is 14.4 Å². The lowest BCUT2D eigenvalue weighted by atomic mass is 10.1. The molecular weight excluding hydrogens is 299 g/mol. The molecule has 2 aromatic carbocycles. The highest BCUT2D eigenvalue weighted by Gasteiger charge is 2.15. The van der Waals surface area contributed by atoms with Gasteiger partial charge in [0.15, 0.2) is 0 Å². The highest BCUT2D eigenvalue weighted by Crippen LogP contribution is 2.32. The molecule has 0 saturated carbocycles. The Kier molecular flexibility index (Phi) is 4.28. The fraction of sp³-hybridized carbons (Fsp3) is 0.143. The van der Waals surface area contributed by atoms with Crippen LogP contribution in [0.3, 0.4) is 0 Å². The Balaban J connectivity index is 2.25. The van der Waals surface area contributed by atoms with Crippen molar-refractivity contribution >= 4 is 23.0 Å². The minimum atomic E-state index is -0.544. The van der Waals surface area contributed by atoms with E-state index in [1.54, 1.807) is 6.92 Å². The van der Waals surface area contributed by atoms with E-state index in [1.807, 2.05) is 0 Å². The Morgan fingerprint density at radius 1 is 1.33 bits per heavy atom. The molecule has 1 unspecified atom stereocenters. The molecule has 0 aliphatic carbocycles. The van der Waals surface area contributed by atoms with E-state index in [0.717, 1.165) is 6.07 Å². The SMILES string of the molecule is CC(Nc1ccc([N+](=O)[O-])cc1Cl)c1cc(F)ccc1O. The molecule has 0 aliphatic heterocycles. The van der Waals surface area contributed by atoms with Gasteiger partial charge in [-0.15, -0.1) is 0 Å². The van der Waals surface area contributed by atoms with Crippen LogP contribution in [0.4, 0.5) is 15.8 Å². The third-order valence-electron chi connectivity index (χ3n) is 2.99. The van der Waals surface area contributed by atoms with Crippen molar-refractivity contribution in [3.05, 3.63) is 62.9 Å². The fourth-order valence-corrected chi connectivity index (χ4v) is 2.15. The highest BCUT2D eigenvalue weighted by atomic mass is 35.5. The Bertz CT molecular complexity index is 694. The summed E-state index contributed by atoms with van der Waals surface area (Å²) in [4.78, 5) is 10.1. The maximum Gasteiger partial charge on any atom is 0.271 e. The molecule has 0 fully saturated rings. The number of aromatic hydroxyl groups is 1. The number of phenolic OH excluding ortho intramolecular Hbond substituents is 1. The summed E-state index contributed by atoms with van der Waals surface area (Å²) >= 11 is 5.97. The van der Waals surface area contributed by atoms with E-state index in [4.69, 9.17) is 11.6 Å². The molecule has 0 saturated heterocycles. The number of hydrogen-bond acceptors (Lipinski definition) is 4. The van der Waals surface area contributed by atoms with Gasteiger partial charge in [-0.3, -0.25) is 10.1 Å². The van der Waals surface area contributed by atoms with Gasteiger partial charge in [0.2, 0.25) is 0 Å². The Hall–Kier alpha value is -2.34. The summed E-state index contributed by atoms with van der Waals surface area (Å²) in [5.41, 5.74) is 0.703. The molecule has 2 N–H and O–H groups in total. The normalized spacial score (nSPS) is 12.0. The zero-order valence-electron chi connectivity index (χ0n) is 11.0. The Morgan fingerprint density at radius 2 is 2.05 bits per heavy atom. The molecule has 2 rings (SSSR count). The molecule has 0 radical (unpaired) electrons. The number of phenols is 1. The number of hydrogen-bond donors (Lipinski definition) is 2. The van der Waals surface area contributed by atoms with Gasteiger partial charge in [-0.25, -0.2) is 4.39 Å². The third kappa shape index (κ3) is 3.41. The van der Waals surface area contributed by atoms with E-state index in [2.05, 4.69) is 5.32 Å². The number of benzene rings is 2. The number of nitro groups is 1. The van der Waals surface area contributed by atoms with E-state index >= 15 is 0 Å². The maximum absolute atomic E-state index is 13.2. The zero-order chi connectivity index (χ0) is 15.6. The highest BCUT2D eigenvalue weighted by molar-refractivity contribution is 6.33. The topological polar surface area (TPSA) is 75.4 Å². The van der Waals surface area contributed by atoms with Crippen LogP contribution in [0.2, 0.25) is 5.02 Å². The Labute approximate surface area is 125 Å². The van der Waals surface area contributed by atoms with Gasteiger partial charge in [0.25, 0.3) is 5.69 Å². The number of nitrogens with zero attached hydrogens (tertiary/aromatic N) is 1. The Morgan fingerprint density at radius 3 is 2.67 bits per heavy atom. The average Bonchev–Trinajstić information content (AvgIpc) is 2.43. The van der Waals surface area contributed by atoms with Gasteiger partial charge in [-0.2, -0.15) is 0 Å². The first-order chi connectivity index (χ1) is 9.88. The summed E-state index contributed by atoms with van der Waals surface area (Å²) < 4.78 is 13.2. The lowest BCUT2D eigenvalue weighted by Gasteiger charge is -2.17. The molecule has 1 atom stereocenters. The van der Waals surface area contributed by atoms with Gasteiger partial charge < -0.3 is 10.4 Å². The summed E-state index contributed by atoms with van der Waals surface area (Å²) in [6.07, 6.45) is 0. The smallest absolute Gasteiger partial charge is 0.271 e. The molecule has 0 spiro atoms. The van der Waals surface area contributed by atoms with E-state index in [1.165, 1.54) is 30.3 Å². The van der Waals surface area contributed by atoms with Crippen molar-refractivity contribution in [2.24, 2.45) is 0 Å². The molecule has 21 heavy (non-hydrogen) atoms. The van der Waals surface area contributed by atoms with Crippen molar-refractivity contribution in [3.8, 4) is 5.75 Å². The molecule has 7 heteroatoms. The molecule has 110 valence electrons. The molecule has 0 bridgehead atoms. The van der Waals surface area contributed by atoms with Gasteiger partial charge in [-0.1, -0.05) is 11.6 Å². The van der Waals surface area contributed by atoms with Crippen LogP contribution in [-0.2, 0) is 0 Å². The standard InChI is InChI=1S/C14H12ClFN2O3/c1-8(11-6-9(16)2-5-14(11)19)17-13-4-3-10(18(20)21)7-12(13)15/h2-8,17,19H,1H3. The van der Waals surface area contributed by atoms with Crippen molar-refractivity contribution in [1.82, 2.24) is 0 Å². The van der Waals surface area contributed by atoms with E-state index in [0.29, 0.717) is 11.3 Å². The molecule has 0 heterocycles. The average molecular weight is 311 g/mol. The first-order valence-corrected chi connectivity index (χ1v) is 6.45. The number of nitrogens with one attached hydrogen (secondary N) is 1. The lowest BCUT2D eigenvalue weighted by molar-refractivity contribution is -0.384. The van der Waals surface area contributed by atoms with Crippen LogP contribution < -0.4 is 5.32 Å². The van der Waals surface area contributed by atoms with Gasteiger partial charge in [0.05, 0.1) is 21.7 Å². The second-order valence-electron chi connectivity index (χ2n) is 4.49. The fourth-order valence-electron chi connectivity index (χ4n) is 1.92. The second kappa shape index (κ2) is 5.97. The van der Waals surface area contributed by atoms with Crippen LogP contribution in [-0.4, -0.2) is 10.0 Å². The van der Waals surface area contributed by atoms with Gasteiger partial charge in [0, 0.05) is 17.7 Å². The minimum absolute atomic E-state index is 0.0468. The van der Waals surface area contributed by atoms with Crippen LogP contribution in [0.15, 0.2) is 36.4 Å². The van der Waals surface area contributed by atoms with E-state index in [-0.39, 0.29) is 16.5 Å². The van der Waals surface area contributed by atoms with E-state index in [9.17, 15) is 19.6 Å². The van der Waals surface area contributed by atoms with Crippen LogP contribution in [0.5, 0.6) is 5.75 Å². The predicted octanol–water partition coefficient (Wildman–Crippen LogP) is 4.27. The summed E-state index contributed by atoms with van der Waals surface area (Å²) in [6.45, 7) is 1.71. The summed E-state index contributed by atoms with van der Waals surface area (Å²) in [5, 5.41) is 23.5. The van der Waals surface area contributed by atoms with Crippen LogP contribution >= 0.6 is 11.6 Å². The van der Waals surface area contributed by atoms with Gasteiger partial charge in [-0.05, 0) is 31.2 Å². The maximum atomic E-state index is 13.2. The predicted molar refractivity (Wildman–Crippen MR) is 78.2 cm³/mol. The molecule has 5 nitrogen and oxygen atoms in total. The lowest BCUT2D eigenvalue weighted by Crippen LogP contribution is -2.07. The summed E-state index contributed by atoms with van der Waals surface area (Å²) in [5.74, 6) is -0.513. The van der Waals surface area contributed by atoms with Crippen molar-refractivity contribution in [3.63, 3.8) is 0 Å². The van der Waals surface area contributed by atoms with Crippen molar-refractivity contribution in [2.45, 2.75) is 13.0 Å². The molecule has 2 aromatic rings. The minimum Gasteiger partial charge on any atom is -0.508 e. The van der Waals surface area contributed by atoms with Crippen LogP contribution in [0, 0.1) is 15.9 Å². The molecular formula is C14H12ClFN2O3. The zero-order valence-corrected chi connectivity index (χ0v) is 11.8. The van der Waals surface area contributed by atoms with Crippen molar-refractivity contribution in [1.29, 1.82) is 0 Å². The number of anilines is 1. The van der Waals surface area contributed by atoms with E-state index < -0.39 is 16.8 Å². The largest absolute Gasteiger partial charge is 0.508 e. The first-order valence-electron chi connectivity index (χ1n) is 6.07. The number of non-ortho nitro benzene ring substituents is 1. The summed E-state index contributed by atoms with van der Waals surface area (Å²) in [6, 6.07) is 7.21. The second-order valence-corrected chi connectivity index (χ2v) is 4.90. The van der Waals surface area contributed by atoms with Crippen molar-refractivity contribution in [2.75, 3.05) is 5.32 Å². The van der Waals surface area contributed by atoms with Crippen LogP contribution in [0.1, 0.15) is 18.5 Å². The van der Waals surface area contributed by atoms with Gasteiger partial charge >= 0.3 is 0 Å². The molecule has 0 aromatic heterocycles. The van der Waals surface area contributed by atoms with Crippen LogP contribution in [0.25, 0.3) is 0 Å². The molecule has 0 amide bonds. The monoisotopic (exact) mass is 310 g/mol.